The van der Waals surface area contributed by atoms with Gasteiger partial charge in [0, 0.05) is 69.8 Å². The molecule has 0 unspecified atom stereocenters. The van der Waals surface area contributed by atoms with Gasteiger partial charge in [0.1, 0.15) is 11.1 Å². The lowest BCUT2D eigenvalue weighted by atomic mass is 9.89. The second kappa shape index (κ2) is 13.1. The quantitative estimate of drug-likeness (QED) is 0.156. The van der Waals surface area contributed by atoms with Gasteiger partial charge < -0.3 is 9.80 Å². The molecule has 2 heterocycles. The van der Waals surface area contributed by atoms with Crippen LogP contribution in [-0.4, -0.2) is 14.1 Å². The predicted molar refractivity (Wildman–Crippen MR) is 221 cm³/mol. The highest BCUT2D eigenvalue weighted by Gasteiger charge is 2.57. The molecule has 4 nitrogen and oxygen atoms in total. The number of rotatable bonds is 6. The summed E-state index contributed by atoms with van der Waals surface area (Å²) in [5, 5.41) is 4.74. The average molecular weight is 771 g/mol. The van der Waals surface area contributed by atoms with Crippen LogP contribution < -0.4 is 18.9 Å². The summed E-state index contributed by atoms with van der Waals surface area (Å²) < 4.78 is 4.72. The van der Waals surface area contributed by atoms with Gasteiger partial charge in [-0.25, -0.2) is 0 Å². The highest BCUT2D eigenvalue weighted by molar-refractivity contribution is 6.32. The summed E-state index contributed by atoms with van der Waals surface area (Å²) in [6, 6.07) is 50.1. The van der Waals surface area contributed by atoms with Crippen molar-refractivity contribution in [3.8, 4) is 11.1 Å². The first kappa shape index (κ1) is 33.7. The van der Waals surface area contributed by atoms with E-state index >= 15 is 0 Å². The van der Waals surface area contributed by atoms with Gasteiger partial charge in [-0.2, -0.15) is 0 Å². The number of halogens is 4. The van der Waals surface area contributed by atoms with Crippen LogP contribution in [0.1, 0.15) is 11.1 Å². The summed E-state index contributed by atoms with van der Waals surface area (Å²) >= 11 is 26.4. The zero-order chi connectivity index (χ0) is 36.4. The van der Waals surface area contributed by atoms with Crippen LogP contribution >= 0.6 is 46.4 Å². The molecule has 53 heavy (non-hydrogen) atoms. The van der Waals surface area contributed by atoms with Crippen molar-refractivity contribution in [2.24, 2.45) is 0 Å². The normalized spacial score (nSPS) is 12.9. The average Bonchev–Trinajstić information content (AvgIpc) is 3.23. The van der Waals surface area contributed by atoms with Crippen molar-refractivity contribution in [2.75, 3.05) is 23.9 Å². The number of aromatic nitrogens is 2. The smallest absolute Gasteiger partial charge is 0.344 e. The highest BCUT2D eigenvalue weighted by Crippen LogP contribution is 2.41. The van der Waals surface area contributed by atoms with Crippen molar-refractivity contribution in [3.63, 3.8) is 0 Å². The van der Waals surface area contributed by atoms with Crippen molar-refractivity contribution in [1.82, 2.24) is 0 Å². The van der Waals surface area contributed by atoms with E-state index in [-0.39, 0.29) is 0 Å². The maximum atomic E-state index is 6.91. The number of hydrogen-bond acceptors (Lipinski definition) is 2. The lowest BCUT2D eigenvalue weighted by Crippen LogP contribution is -2.74. The SMILES string of the molecule is CN(c1ccc(Cl)cc1)c1cc[n+](C2([n+]3ccc(N(C)c4ccc(Cl)cc4)c4ccc(Cl)cc43)c3cccc(c3)-c3cccc2c3)c2cc(Cl)ccc12. The maximum absolute atomic E-state index is 6.91. The molecule has 4 bridgehead atoms. The minimum absolute atomic E-state index is 0.640. The molecule has 0 amide bonds. The fourth-order valence-corrected chi connectivity index (χ4v) is 8.48. The Kier molecular flexibility index (Phi) is 8.32. The van der Waals surface area contributed by atoms with Gasteiger partial charge in [-0.05, 0) is 108 Å². The molecule has 8 aromatic rings. The number of nitrogens with zero attached hydrogens (tertiary/aromatic N) is 4. The largest absolute Gasteiger partial charge is 0.415 e. The maximum Gasteiger partial charge on any atom is 0.415 e. The Bertz CT molecular complexity index is 2520. The Morgan fingerprint density at radius 1 is 0.434 bits per heavy atom. The lowest BCUT2D eigenvalue weighted by molar-refractivity contribution is -0.950. The molecule has 0 fully saturated rings. The summed E-state index contributed by atoms with van der Waals surface area (Å²) in [4.78, 5) is 4.36. The number of fused-ring (bicyclic) bond motifs is 7. The Hall–Kier alpha value is -5.10. The van der Waals surface area contributed by atoms with Gasteiger partial charge in [0.2, 0.25) is 11.0 Å². The molecule has 0 atom stereocenters. The molecule has 0 aliphatic heterocycles. The summed E-state index contributed by atoms with van der Waals surface area (Å²) in [6.07, 6.45) is 4.37. The van der Waals surface area contributed by atoms with Crippen molar-refractivity contribution >= 4 is 91.0 Å². The molecule has 258 valence electrons. The van der Waals surface area contributed by atoms with Crippen LogP contribution in [0.4, 0.5) is 22.7 Å². The van der Waals surface area contributed by atoms with E-state index < -0.39 is 5.66 Å². The topological polar surface area (TPSA) is 14.2 Å². The third kappa shape index (κ3) is 5.52. The number of anilines is 4. The van der Waals surface area contributed by atoms with E-state index in [1.807, 2.05) is 60.7 Å². The van der Waals surface area contributed by atoms with Crippen LogP contribution in [0.5, 0.6) is 0 Å². The zero-order valence-corrected chi connectivity index (χ0v) is 31.8. The van der Waals surface area contributed by atoms with Gasteiger partial charge in [0.25, 0.3) is 0 Å². The van der Waals surface area contributed by atoms with Crippen molar-refractivity contribution in [1.29, 1.82) is 0 Å². The third-order valence-corrected chi connectivity index (χ3v) is 11.4. The highest BCUT2D eigenvalue weighted by atomic mass is 35.5. The fourth-order valence-electron chi connectivity index (χ4n) is 7.90. The molecule has 6 aromatic carbocycles. The van der Waals surface area contributed by atoms with E-state index in [4.69, 9.17) is 46.4 Å². The summed E-state index contributed by atoms with van der Waals surface area (Å²) in [6.45, 7) is 0. The van der Waals surface area contributed by atoms with Gasteiger partial charge in [-0.1, -0.05) is 70.7 Å². The third-order valence-electron chi connectivity index (χ3n) is 10.5. The summed E-state index contributed by atoms with van der Waals surface area (Å²) in [5.41, 5.74) is 9.55. The van der Waals surface area contributed by atoms with E-state index in [2.05, 4.69) is 130 Å². The first-order valence-corrected chi connectivity index (χ1v) is 18.7. The fraction of sp³-hybridized carbons (Fsp3) is 0.0667. The summed E-state index contributed by atoms with van der Waals surface area (Å²) in [7, 11) is 4.15. The van der Waals surface area contributed by atoms with Gasteiger partial charge in [-0.3, -0.25) is 0 Å². The zero-order valence-electron chi connectivity index (χ0n) is 28.8. The van der Waals surface area contributed by atoms with Gasteiger partial charge in [-0.15, -0.1) is 9.13 Å². The minimum atomic E-state index is -0.927. The second-order valence-electron chi connectivity index (χ2n) is 13.4. The first-order valence-electron chi connectivity index (χ1n) is 17.2. The molecule has 8 heteroatoms. The van der Waals surface area contributed by atoms with Crippen LogP contribution in [0.2, 0.25) is 20.1 Å². The molecule has 2 aromatic heterocycles. The van der Waals surface area contributed by atoms with Crippen molar-refractivity contribution < 1.29 is 9.13 Å². The number of pyridine rings is 2. The molecule has 1 aliphatic rings. The van der Waals surface area contributed by atoms with E-state index in [0.29, 0.717) is 20.1 Å². The molecular weight excluding hydrogens is 738 g/mol. The molecule has 9 rings (SSSR count). The standard InChI is InChI=1S/C45H32Cl4N4/c1-50(37-15-9-33(46)10-16-37)41-21-23-52(43-27-35(48)13-19-39(41)43)45(31-7-3-5-29(25-31)30-6-4-8-32(45)26-30)53-24-22-42(40-20-14-36(49)28-44(40)53)51(2)38-17-11-34(47)12-18-38/h3-28H,1-2H3/q+2. The molecule has 0 saturated carbocycles. The van der Waals surface area contributed by atoms with Crippen LogP contribution in [-0.2, 0) is 5.66 Å². The van der Waals surface area contributed by atoms with Crippen LogP contribution in [0, 0.1) is 0 Å². The van der Waals surface area contributed by atoms with Gasteiger partial charge in [0.15, 0.2) is 12.4 Å². The van der Waals surface area contributed by atoms with E-state index in [1.54, 1.807) is 0 Å². The van der Waals surface area contributed by atoms with Crippen molar-refractivity contribution in [3.05, 3.63) is 189 Å². The molecule has 0 radical (unpaired) electrons. The Morgan fingerprint density at radius 2 is 0.830 bits per heavy atom. The summed E-state index contributed by atoms with van der Waals surface area (Å²) in [5.74, 6) is 0. The Balaban J connectivity index is 1.39. The van der Waals surface area contributed by atoms with E-state index in [0.717, 1.165) is 66.8 Å². The minimum Gasteiger partial charge on any atom is -0.344 e. The molecule has 0 N–H and O–H groups in total. The molecular formula is C45H32Cl4N4+2. The predicted octanol–water partition coefficient (Wildman–Crippen LogP) is 12.0. The Morgan fingerprint density at radius 3 is 1.25 bits per heavy atom. The van der Waals surface area contributed by atoms with Gasteiger partial charge >= 0.3 is 5.66 Å². The van der Waals surface area contributed by atoms with Crippen molar-refractivity contribution in [2.45, 2.75) is 5.66 Å². The second-order valence-corrected chi connectivity index (χ2v) is 15.1. The van der Waals surface area contributed by atoms with Crippen LogP contribution in [0.25, 0.3) is 32.9 Å². The monoisotopic (exact) mass is 768 g/mol. The van der Waals surface area contributed by atoms with Gasteiger partial charge in [0.05, 0.1) is 22.1 Å². The number of hydrogen-bond donors (Lipinski definition) is 0. The molecule has 0 spiro atoms. The van der Waals surface area contributed by atoms with Crippen LogP contribution in [0.3, 0.4) is 0 Å². The Labute approximate surface area is 328 Å². The molecule has 1 aliphatic carbocycles. The van der Waals surface area contributed by atoms with Crippen LogP contribution in [0.15, 0.2) is 158 Å². The lowest BCUT2D eigenvalue weighted by Gasteiger charge is -2.28. The van der Waals surface area contributed by atoms with E-state index in [1.165, 1.54) is 0 Å². The first-order chi connectivity index (χ1) is 25.7. The number of benzene rings is 6. The molecule has 0 saturated heterocycles. The van der Waals surface area contributed by atoms with E-state index in [9.17, 15) is 0 Å².